The molecule has 0 radical (unpaired) electrons. The summed E-state index contributed by atoms with van der Waals surface area (Å²) in [6.07, 6.45) is 0.742. The molecule has 3 unspecified atom stereocenters. The molecule has 3 aromatic rings. The van der Waals surface area contributed by atoms with Gasteiger partial charge >= 0.3 is 0 Å². The Morgan fingerprint density at radius 3 is 2.41 bits per heavy atom. The van der Waals surface area contributed by atoms with Gasteiger partial charge in [0.05, 0.1) is 26.4 Å². The van der Waals surface area contributed by atoms with Crippen molar-refractivity contribution in [2.24, 2.45) is 0 Å². The lowest BCUT2D eigenvalue weighted by molar-refractivity contribution is -0.00433. The molecule has 1 aliphatic heterocycles. The van der Waals surface area contributed by atoms with Crippen LogP contribution in [0.1, 0.15) is 41.5 Å². The van der Waals surface area contributed by atoms with Crippen LogP contribution in [-0.2, 0) is 16.1 Å². The number of para-hydroxylation sites is 1. The van der Waals surface area contributed by atoms with Gasteiger partial charge in [0.2, 0.25) is 0 Å². The lowest BCUT2D eigenvalue weighted by Gasteiger charge is -2.43. The highest BCUT2D eigenvalue weighted by Gasteiger charge is 2.46. The molecule has 0 saturated carbocycles. The predicted octanol–water partition coefficient (Wildman–Crippen LogP) is 4.61. The van der Waals surface area contributed by atoms with Crippen LogP contribution in [0.25, 0.3) is 0 Å². The molecule has 5 heteroatoms. The van der Waals surface area contributed by atoms with Crippen LogP contribution in [-0.4, -0.2) is 36.9 Å². The largest absolute Gasteiger partial charge is 0.496 e. The van der Waals surface area contributed by atoms with Gasteiger partial charge in [-0.2, -0.15) is 0 Å². The maximum atomic E-state index is 12.1. The van der Waals surface area contributed by atoms with Crippen LogP contribution in [0, 0.1) is 0 Å². The van der Waals surface area contributed by atoms with Crippen LogP contribution in [0.4, 0.5) is 0 Å². The molecule has 0 aromatic heterocycles. The number of ether oxygens (including phenoxy) is 2. The van der Waals surface area contributed by atoms with E-state index in [-0.39, 0.29) is 5.92 Å². The van der Waals surface area contributed by atoms with E-state index in [1.165, 1.54) is 0 Å². The summed E-state index contributed by atoms with van der Waals surface area (Å²) >= 11 is 0. The minimum atomic E-state index is -1.41. The number of nitrogens with one attached hydrogen (secondary N) is 1. The van der Waals surface area contributed by atoms with Crippen LogP contribution < -0.4 is 10.1 Å². The normalized spacial score (nSPS) is 21.0. The predicted molar refractivity (Wildman–Crippen MR) is 132 cm³/mol. The molecule has 34 heavy (non-hydrogen) atoms. The second-order valence-corrected chi connectivity index (χ2v) is 8.70. The van der Waals surface area contributed by atoms with Crippen molar-refractivity contribution in [3.63, 3.8) is 0 Å². The molecule has 3 atom stereocenters. The lowest BCUT2D eigenvalue weighted by atomic mass is 9.72. The molecule has 0 spiro atoms. The Morgan fingerprint density at radius 2 is 1.71 bits per heavy atom. The van der Waals surface area contributed by atoms with E-state index in [4.69, 9.17) is 9.47 Å². The Balaban J connectivity index is 1.66. The number of hydrogen-bond donors (Lipinski definition) is 2. The first-order valence-electron chi connectivity index (χ1n) is 11.7. The highest BCUT2D eigenvalue weighted by molar-refractivity contribution is 5.58. The first-order chi connectivity index (χ1) is 16.7. The Morgan fingerprint density at radius 1 is 1.03 bits per heavy atom. The average molecular weight is 458 g/mol. The molecule has 0 bridgehead atoms. The Kier molecular flexibility index (Phi) is 7.94. The molecule has 3 aromatic carbocycles. The molecule has 1 heterocycles. The van der Waals surface area contributed by atoms with Crippen LogP contribution in [0.15, 0.2) is 90.5 Å². The van der Waals surface area contributed by atoms with Gasteiger partial charge in [0.1, 0.15) is 17.3 Å². The zero-order chi connectivity index (χ0) is 23.8. The van der Waals surface area contributed by atoms with Crippen LogP contribution >= 0.6 is 0 Å². The molecule has 4 rings (SSSR count). The van der Waals surface area contributed by atoms with Crippen molar-refractivity contribution in [2.75, 3.05) is 20.3 Å². The highest BCUT2D eigenvalue weighted by atomic mass is 16.5. The summed E-state index contributed by atoms with van der Waals surface area (Å²) in [5.74, 6) is 2.59. The number of aliphatic hydroxyl groups is 1. The summed E-state index contributed by atoms with van der Waals surface area (Å²) in [4.78, 5) is 12.0. The highest BCUT2D eigenvalue weighted by Crippen LogP contribution is 2.44. The SMILES string of the molecule is COc1ccccc1C(COCc1ccccc1)CC1(O)C(=C=O)CCNC1c1ccccc1. The molecule has 2 N–H and O–H groups in total. The van der Waals surface area contributed by atoms with E-state index in [1.807, 2.05) is 84.9 Å². The van der Waals surface area contributed by atoms with Gasteiger partial charge in [-0.05, 0) is 35.6 Å². The molecular formula is C29H31NO4. The molecule has 1 saturated heterocycles. The topological polar surface area (TPSA) is 67.8 Å². The second-order valence-electron chi connectivity index (χ2n) is 8.70. The van der Waals surface area contributed by atoms with E-state index in [0.29, 0.717) is 38.2 Å². The van der Waals surface area contributed by atoms with E-state index in [9.17, 15) is 9.90 Å². The number of benzene rings is 3. The van der Waals surface area contributed by atoms with E-state index < -0.39 is 11.6 Å². The maximum absolute atomic E-state index is 12.1. The van der Waals surface area contributed by atoms with E-state index in [0.717, 1.165) is 22.4 Å². The van der Waals surface area contributed by atoms with E-state index in [1.54, 1.807) is 7.11 Å². The van der Waals surface area contributed by atoms with E-state index in [2.05, 4.69) is 11.3 Å². The number of methoxy groups -OCH3 is 1. The van der Waals surface area contributed by atoms with E-state index >= 15 is 0 Å². The molecule has 1 aliphatic rings. The van der Waals surface area contributed by atoms with Crippen LogP contribution in [0.5, 0.6) is 5.75 Å². The summed E-state index contributed by atoms with van der Waals surface area (Å²) < 4.78 is 11.8. The Hall–Kier alpha value is -3.21. The second kappa shape index (κ2) is 11.3. The van der Waals surface area contributed by atoms with Gasteiger partial charge in [-0.25, -0.2) is 4.79 Å². The quantitative estimate of drug-likeness (QED) is 0.460. The van der Waals surface area contributed by atoms with Crippen molar-refractivity contribution in [1.82, 2.24) is 5.32 Å². The van der Waals surface area contributed by atoms with Gasteiger partial charge in [0, 0.05) is 18.0 Å². The molecule has 5 nitrogen and oxygen atoms in total. The van der Waals surface area contributed by atoms with Gasteiger partial charge in [-0.3, -0.25) is 0 Å². The number of carbonyl (C=O) groups excluding carboxylic acids is 1. The van der Waals surface area contributed by atoms with Gasteiger partial charge in [-0.15, -0.1) is 0 Å². The van der Waals surface area contributed by atoms with Crippen molar-refractivity contribution < 1.29 is 19.4 Å². The van der Waals surface area contributed by atoms with Crippen molar-refractivity contribution in [3.8, 4) is 5.75 Å². The first kappa shape index (κ1) is 23.9. The minimum absolute atomic E-state index is 0.209. The fourth-order valence-electron chi connectivity index (χ4n) is 4.85. The van der Waals surface area contributed by atoms with Gasteiger partial charge in [0.25, 0.3) is 0 Å². The van der Waals surface area contributed by atoms with Crippen LogP contribution in [0.2, 0.25) is 0 Å². The minimum Gasteiger partial charge on any atom is -0.496 e. The van der Waals surface area contributed by atoms with Crippen molar-refractivity contribution >= 4 is 5.94 Å². The Labute approximate surface area is 201 Å². The van der Waals surface area contributed by atoms with Crippen LogP contribution in [0.3, 0.4) is 0 Å². The van der Waals surface area contributed by atoms with Gasteiger partial charge in [0.15, 0.2) is 0 Å². The summed E-state index contributed by atoms with van der Waals surface area (Å²) in [7, 11) is 1.64. The Bertz CT molecular complexity index is 1110. The summed E-state index contributed by atoms with van der Waals surface area (Å²) in [5, 5.41) is 15.5. The number of piperidine rings is 1. The maximum Gasteiger partial charge on any atom is 0.126 e. The average Bonchev–Trinajstić information content (AvgIpc) is 2.89. The van der Waals surface area contributed by atoms with Gasteiger partial charge in [-0.1, -0.05) is 78.9 Å². The molecule has 0 aliphatic carbocycles. The fourth-order valence-corrected chi connectivity index (χ4v) is 4.85. The summed E-state index contributed by atoms with van der Waals surface area (Å²) in [6.45, 7) is 1.43. The monoisotopic (exact) mass is 457 g/mol. The van der Waals surface area contributed by atoms with Crippen molar-refractivity contribution in [3.05, 3.63) is 107 Å². The molecule has 0 amide bonds. The standard InChI is InChI=1S/C29H31NO4/c1-33-27-15-9-8-14-26(27)24(21-34-20-22-10-4-2-5-11-22)18-29(32)25(19-31)16-17-30-28(29)23-12-6-3-7-13-23/h2-15,24,28,30,32H,16-18,20-21H2,1H3. The smallest absolute Gasteiger partial charge is 0.126 e. The number of hydrogen-bond acceptors (Lipinski definition) is 5. The zero-order valence-corrected chi connectivity index (χ0v) is 19.4. The summed E-state index contributed by atoms with van der Waals surface area (Å²) in [5.41, 5.74) is 1.93. The third-order valence-electron chi connectivity index (χ3n) is 6.55. The fraction of sp³-hybridized carbons (Fsp3) is 0.310. The first-order valence-corrected chi connectivity index (χ1v) is 11.7. The van der Waals surface area contributed by atoms with Gasteiger partial charge < -0.3 is 19.9 Å². The number of rotatable bonds is 9. The molecule has 176 valence electrons. The summed E-state index contributed by atoms with van der Waals surface area (Å²) in [6, 6.07) is 27.1. The molecule has 1 fully saturated rings. The van der Waals surface area contributed by atoms with Crippen molar-refractivity contribution in [2.45, 2.75) is 37.0 Å². The molecular weight excluding hydrogens is 426 g/mol. The third kappa shape index (κ3) is 5.30. The zero-order valence-electron chi connectivity index (χ0n) is 19.4. The lowest BCUT2D eigenvalue weighted by Crippen LogP contribution is -2.51. The van der Waals surface area contributed by atoms with Crippen molar-refractivity contribution in [1.29, 1.82) is 0 Å². The third-order valence-corrected chi connectivity index (χ3v) is 6.55.